The Kier molecular flexibility index (Phi) is 14.4. The summed E-state index contributed by atoms with van der Waals surface area (Å²) < 4.78 is 18.4. The molecule has 0 saturated heterocycles. The predicted octanol–water partition coefficient (Wildman–Crippen LogP) is 2.31. The number of aliphatic imine (C=N–C) groups is 1. The quantitative estimate of drug-likeness (QED) is 0.0210. The molecule has 5 atom stereocenters. The third-order valence-electron chi connectivity index (χ3n) is 10.1. The van der Waals surface area contributed by atoms with Crippen molar-refractivity contribution in [2.24, 2.45) is 22.4 Å². The van der Waals surface area contributed by atoms with Gasteiger partial charge in [-0.3, -0.25) is 9.48 Å². The van der Waals surface area contributed by atoms with Crippen molar-refractivity contribution < 1.29 is 53.8 Å². The van der Waals surface area contributed by atoms with Crippen LogP contribution in [-0.4, -0.2) is 107 Å². The Morgan fingerprint density at radius 2 is 1.79 bits per heavy atom. The zero-order valence-electron chi connectivity index (χ0n) is 33.6. The van der Waals surface area contributed by atoms with E-state index in [1.807, 2.05) is 0 Å². The number of hydrogen-bond donors (Lipinski definition) is 10. The number of thiocarbonyl (C=S) groups is 1. The Hall–Kier alpha value is -7.30. The molecule has 12 N–H and O–H groups in total. The summed E-state index contributed by atoms with van der Waals surface area (Å²) >= 11 is 5.47. The number of hydrogen-bond acceptors (Lipinski definition) is 14. The van der Waals surface area contributed by atoms with Crippen LogP contribution in [0.5, 0.6) is 5.75 Å². The van der Waals surface area contributed by atoms with Crippen molar-refractivity contribution in [1.82, 2.24) is 25.6 Å². The predicted molar refractivity (Wildman–Crippen MR) is 231 cm³/mol. The van der Waals surface area contributed by atoms with Gasteiger partial charge in [0.15, 0.2) is 22.6 Å². The minimum atomic E-state index is -1.64. The van der Waals surface area contributed by atoms with Gasteiger partial charge < -0.3 is 66.8 Å². The van der Waals surface area contributed by atoms with Crippen LogP contribution in [0.15, 0.2) is 86.8 Å². The van der Waals surface area contributed by atoms with E-state index in [4.69, 9.17) is 37.6 Å². The first-order valence-corrected chi connectivity index (χ1v) is 20.0. The van der Waals surface area contributed by atoms with E-state index in [1.54, 1.807) is 42.1 Å². The maximum absolute atomic E-state index is 12.8. The number of aliphatic hydroxyl groups is 2. The van der Waals surface area contributed by atoms with Gasteiger partial charge in [-0.2, -0.15) is 0 Å². The number of aromatic nitrogens is 3. The number of phenolic OH excluding ortho intramolecular Hbond substituents is 1. The Morgan fingerprint density at radius 1 is 1.02 bits per heavy atom. The number of unbranched alkanes of at least 4 members (excludes halogenated alkanes) is 2. The summed E-state index contributed by atoms with van der Waals surface area (Å²) in [5.74, 6) is -3.95. The molecule has 21 nitrogen and oxygen atoms in total. The third-order valence-corrected chi connectivity index (χ3v) is 10.3. The molecule has 2 aliphatic heterocycles. The number of nitrogens with two attached hydrogens (primary N) is 2. The molecule has 3 heterocycles. The fraction of sp³-hybridized carbons (Fsp3) is 0.317. The first-order valence-electron chi connectivity index (χ1n) is 19.6. The second-order valence-corrected chi connectivity index (χ2v) is 15.0. The van der Waals surface area contributed by atoms with Gasteiger partial charge in [0, 0.05) is 53.3 Å². The molecular formula is C41H45N9O12S. The molecule has 0 bridgehead atoms. The second-order valence-electron chi connectivity index (χ2n) is 14.6. The number of alkyl carbamates (subject to hydrolysis) is 1. The standard InChI is InChI=1S/C41H45N9O12S/c1-20-29(47-39(42)43)16-33(38(57)58)61-35(20)36(30(54)19-51)62-41(59)45-17-22-18-50(49-48-22)12-4-2-3-11-44-40(63)46-21-5-8-25(28(13-21)37(55)56)34-26-9-6-23(52)14-31(26)60-32-15-24(53)7-10-27(32)34/h5-10,13-16,18,20,29-30,35-36,51-52,54H,2-4,11-12,17,19H2,1H3,(H,45,59)(H,55,56)(H,57,58)(H4,42,43,47)(H2,44,46,63)/t20-,29+,30-,35-,36-/m1/s1. The highest BCUT2D eigenvalue weighted by Crippen LogP contribution is 2.42. The number of carbonyl (C=O) groups is 3. The number of guanidine groups is 1. The van der Waals surface area contributed by atoms with Gasteiger partial charge in [-0.15, -0.1) is 5.10 Å². The van der Waals surface area contributed by atoms with Gasteiger partial charge in [-0.25, -0.2) is 19.4 Å². The van der Waals surface area contributed by atoms with Gasteiger partial charge in [0.2, 0.25) is 5.76 Å². The highest BCUT2D eigenvalue weighted by molar-refractivity contribution is 7.80. The van der Waals surface area contributed by atoms with Crippen LogP contribution in [0.4, 0.5) is 10.5 Å². The Bertz CT molecular complexity index is 2590. The SMILES string of the molecule is C[C@H]1[C@H]([C@H](OC(=O)NCc2cn(CCCCCNC(=S)Nc3ccc(-c4c5ccc(=O)cc-5oc5cc(O)ccc45)c(C(=O)O)c3)nn2)[C@H](O)CO)OC(C(=O)O)=C[C@@H]1N=C(N)N. The molecule has 63 heavy (non-hydrogen) atoms. The van der Waals surface area contributed by atoms with E-state index in [0.717, 1.165) is 19.3 Å². The van der Waals surface area contributed by atoms with Crippen LogP contribution in [0.3, 0.4) is 0 Å². The molecule has 1 aromatic heterocycles. The number of carboxylic acid groups (broad SMARTS) is 2. The lowest BCUT2D eigenvalue weighted by Gasteiger charge is -2.38. The monoisotopic (exact) mass is 887 g/mol. The topological polar surface area (TPSA) is 332 Å². The summed E-state index contributed by atoms with van der Waals surface area (Å²) in [5, 5.41) is 67.7. The van der Waals surface area contributed by atoms with Crippen molar-refractivity contribution in [2.75, 3.05) is 18.5 Å². The van der Waals surface area contributed by atoms with Crippen molar-refractivity contribution >= 4 is 58.0 Å². The summed E-state index contributed by atoms with van der Waals surface area (Å²) in [4.78, 5) is 53.2. The van der Waals surface area contributed by atoms with Gasteiger partial charge in [-0.1, -0.05) is 18.2 Å². The van der Waals surface area contributed by atoms with Gasteiger partial charge in [0.1, 0.15) is 35.0 Å². The van der Waals surface area contributed by atoms with E-state index in [0.29, 0.717) is 46.5 Å². The number of nitrogens with zero attached hydrogens (tertiary/aromatic N) is 4. The molecule has 332 valence electrons. The summed E-state index contributed by atoms with van der Waals surface area (Å²) in [6.45, 7) is 1.71. The number of amides is 1. The number of aliphatic carboxylic acids is 1. The normalized spacial score (nSPS) is 16.9. The van der Waals surface area contributed by atoms with E-state index >= 15 is 0 Å². The minimum Gasteiger partial charge on any atom is -0.508 e. The molecule has 6 rings (SSSR count). The van der Waals surface area contributed by atoms with Crippen molar-refractivity contribution in [3.8, 4) is 28.2 Å². The molecule has 1 amide bonds. The van der Waals surface area contributed by atoms with Crippen LogP contribution in [0.1, 0.15) is 42.2 Å². The number of anilines is 1. The Labute approximate surface area is 363 Å². The molecule has 0 spiro atoms. The van der Waals surface area contributed by atoms with Crippen molar-refractivity contribution in [2.45, 2.75) is 63.6 Å². The van der Waals surface area contributed by atoms with Crippen molar-refractivity contribution in [3.05, 3.63) is 94.1 Å². The number of ether oxygens (including phenoxy) is 2. The van der Waals surface area contributed by atoms with E-state index in [2.05, 4.69) is 31.3 Å². The number of rotatable bonds is 17. The molecule has 0 unspecified atom stereocenters. The van der Waals surface area contributed by atoms with Crippen LogP contribution in [0.2, 0.25) is 0 Å². The van der Waals surface area contributed by atoms with E-state index in [-0.39, 0.29) is 45.7 Å². The number of aryl methyl sites for hydroxylation is 1. The first-order chi connectivity index (χ1) is 30.1. The highest BCUT2D eigenvalue weighted by Gasteiger charge is 2.44. The largest absolute Gasteiger partial charge is 0.508 e. The number of carbonyl (C=O) groups excluding carboxylic acids is 1. The summed E-state index contributed by atoms with van der Waals surface area (Å²) in [6, 6.07) is 12.7. The van der Waals surface area contributed by atoms with Crippen LogP contribution < -0.4 is 32.8 Å². The fourth-order valence-corrected chi connectivity index (χ4v) is 7.27. The number of nitrogens with one attached hydrogen (secondary N) is 3. The van der Waals surface area contributed by atoms with Crippen LogP contribution in [0.25, 0.3) is 33.4 Å². The van der Waals surface area contributed by atoms with Crippen LogP contribution in [0, 0.1) is 5.92 Å². The number of phenols is 1. The average molecular weight is 888 g/mol. The van der Waals surface area contributed by atoms with Gasteiger partial charge >= 0.3 is 18.0 Å². The Morgan fingerprint density at radius 3 is 2.52 bits per heavy atom. The maximum atomic E-state index is 12.8. The second kappa shape index (κ2) is 20.0. The van der Waals surface area contributed by atoms with Crippen LogP contribution >= 0.6 is 12.2 Å². The molecule has 22 heteroatoms. The summed E-state index contributed by atoms with van der Waals surface area (Å²) in [7, 11) is 0. The molecule has 2 aromatic carbocycles. The molecule has 0 fully saturated rings. The van der Waals surface area contributed by atoms with Crippen LogP contribution in [-0.2, 0) is 27.4 Å². The van der Waals surface area contributed by atoms with Gasteiger partial charge in [-0.05, 0) is 79.5 Å². The lowest BCUT2D eigenvalue weighted by Crippen LogP contribution is -2.52. The number of aromatic carboxylic acids is 1. The molecule has 3 aromatic rings. The van der Waals surface area contributed by atoms with Crippen molar-refractivity contribution in [1.29, 1.82) is 0 Å². The Balaban J connectivity index is 0.966. The highest BCUT2D eigenvalue weighted by atomic mass is 32.1. The molecule has 0 radical (unpaired) electrons. The van der Waals surface area contributed by atoms with E-state index in [9.17, 15) is 44.7 Å². The van der Waals surface area contributed by atoms with E-state index in [1.165, 1.54) is 36.4 Å². The molecule has 3 aliphatic rings. The van der Waals surface area contributed by atoms with Gasteiger partial charge in [0.25, 0.3) is 0 Å². The zero-order valence-corrected chi connectivity index (χ0v) is 34.4. The fourth-order valence-electron chi connectivity index (χ4n) is 7.05. The minimum absolute atomic E-state index is 0.0242. The maximum Gasteiger partial charge on any atom is 0.407 e. The average Bonchev–Trinajstić information content (AvgIpc) is 3.70. The summed E-state index contributed by atoms with van der Waals surface area (Å²) in [6.07, 6.45) is -0.328. The number of fused-ring (bicyclic) bond motifs is 2. The first kappa shape index (κ1) is 45.2. The number of carboxylic acids is 2. The summed E-state index contributed by atoms with van der Waals surface area (Å²) in [5.41, 5.74) is 13.2. The number of benzene rings is 3. The lowest BCUT2D eigenvalue weighted by atomic mass is 9.87. The lowest BCUT2D eigenvalue weighted by molar-refractivity contribution is -0.147. The smallest absolute Gasteiger partial charge is 0.407 e. The van der Waals surface area contributed by atoms with E-state index < -0.39 is 60.7 Å². The van der Waals surface area contributed by atoms with Crippen molar-refractivity contribution in [3.63, 3.8) is 0 Å². The molecule has 1 aliphatic carbocycles. The molecule has 0 saturated carbocycles. The molecular weight excluding hydrogens is 843 g/mol. The number of aliphatic hydroxyl groups excluding tert-OH is 2. The third kappa shape index (κ3) is 11.2. The zero-order chi connectivity index (χ0) is 45.4. The number of aromatic hydroxyl groups is 1. The van der Waals surface area contributed by atoms with Gasteiger partial charge in [0.05, 0.1) is 31.0 Å².